The van der Waals surface area contributed by atoms with Gasteiger partial charge in [-0.05, 0) is 12.3 Å². The molecule has 110 valence electrons. The third-order valence-corrected chi connectivity index (χ3v) is 3.75. The van der Waals surface area contributed by atoms with Crippen LogP contribution in [0, 0.1) is 5.92 Å². The third kappa shape index (κ3) is 11.0. The van der Waals surface area contributed by atoms with Crippen molar-refractivity contribution in [2.24, 2.45) is 5.92 Å². The van der Waals surface area contributed by atoms with E-state index in [4.69, 9.17) is 5.11 Å². The zero-order valence-electron chi connectivity index (χ0n) is 12.5. The van der Waals surface area contributed by atoms with Crippen LogP contribution in [-0.4, -0.2) is 22.9 Å². The minimum Gasteiger partial charge on any atom is -0.394 e. The zero-order chi connectivity index (χ0) is 13.6. The molecule has 1 atom stereocenters. The van der Waals surface area contributed by atoms with Crippen LogP contribution in [0.25, 0.3) is 0 Å². The average Bonchev–Trinajstić information content (AvgIpc) is 2.39. The summed E-state index contributed by atoms with van der Waals surface area (Å²) in [5.41, 5.74) is 0. The van der Waals surface area contributed by atoms with Crippen molar-refractivity contribution in [2.45, 2.75) is 90.6 Å². The van der Waals surface area contributed by atoms with Crippen molar-refractivity contribution in [2.75, 3.05) is 6.61 Å². The van der Waals surface area contributed by atoms with Crippen LogP contribution < -0.4 is 0 Å². The van der Waals surface area contributed by atoms with Crippen molar-refractivity contribution in [3.63, 3.8) is 0 Å². The second-order valence-corrected chi connectivity index (χ2v) is 5.64. The Balaban J connectivity index is 3.77. The summed E-state index contributed by atoms with van der Waals surface area (Å²) in [6.45, 7) is 4.38. The predicted octanol–water partition coefficient (Wildman–Crippen LogP) is 4.29. The van der Waals surface area contributed by atoms with E-state index >= 15 is 0 Å². The first-order chi connectivity index (χ1) is 8.74. The van der Waals surface area contributed by atoms with Gasteiger partial charge in [0.1, 0.15) is 0 Å². The lowest BCUT2D eigenvalue weighted by Crippen LogP contribution is -2.17. The van der Waals surface area contributed by atoms with Gasteiger partial charge in [0.05, 0.1) is 12.7 Å². The molecule has 0 aliphatic rings. The Morgan fingerprint density at radius 3 is 1.67 bits per heavy atom. The Bertz CT molecular complexity index is 147. The normalized spacial score (nSPS) is 13.2. The summed E-state index contributed by atoms with van der Waals surface area (Å²) < 4.78 is 0. The number of rotatable bonds is 13. The van der Waals surface area contributed by atoms with E-state index < -0.39 is 6.10 Å². The Kier molecular flexibility index (Phi) is 13.3. The summed E-state index contributed by atoms with van der Waals surface area (Å²) in [5, 5.41) is 18.5. The van der Waals surface area contributed by atoms with Gasteiger partial charge in [0.2, 0.25) is 0 Å². The molecule has 0 rings (SSSR count). The number of aliphatic hydroxyl groups is 2. The molecule has 2 nitrogen and oxygen atoms in total. The molecule has 0 spiro atoms. The molecule has 0 radical (unpaired) electrons. The fraction of sp³-hybridized carbons (Fsp3) is 1.00. The van der Waals surface area contributed by atoms with E-state index in [9.17, 15) is 5.11 Å². The molecule has 2 heteroatoms. The second-order valence-electron chi connectivity index (χ2n) is 5.64. The highest BCUT2D eigenvalue weighted by molar-refractivity contribution is 4.65. The van der Waals surface area contributed by atoms with Crippen LogP contribution in [0.2, 0.25) is 0 Å². The monoisotopic (exact) mass is 258 g/mol. The van der Waals surface area contributed by atoms with Gasteiger partial charge in [-0.25, -0.2) is 0 Å². The number of hydrogen-bond donors (Lipinski definition) is 2. The van der Waals surface area contributed by atoms with E-state index in [2.05, 4.69) is 13.8 Å². The first-order valence-corrected chi connectivity index (χ1v) is 8.03. The maximum absolute atomic E-state index is 9.58. The summed E-state index contributed by atoms with van der Waals surface area (Å²) >= 11 is 0. The van der Waals surface area contributed by atoms with E-state index in [1.807, 2.05) is 0 Å². The highest BCUT2D eigenvalue weighted by Gasteiger charge is 2.13. The van der Waals surface area contributed by atoms with Crippen molar-refractivity contribution in [3.05, 3.63) is 0 Å². The lowest BCUT2D eigenvalue weighted by molar-refractivity contribution is 0.0705. The van der Waals surface area contributed by atoms with Crippen molar-refractivity contribution >= 4 is 0 Å². The van der Waals surface area contributed by atoms with Gasteiger partial charge in [-0.2, -0.15) is 0 Å². The molecule has 0 aromatic rings. The van der Waals surface area contributed by atoms with Gasteiger partial charge in [-0.15, -0.1) is 0 Å². The van der Waals surface area contributed by atoms with Crippen LogP contribution in [0.15, 0.2) is 0 Å². The van der Waals surface area contributed by atoms with Gasteiger partial charge in [0.15, 0.2) is 0 Å². The lowest BCUT2D eigenvalue weighted by atomic mass is 9.90. The van der Waals surface area contributed by atoms with Crippen molar-refractivity contribution in [3.8, 4) is 0 Å². The van der Waals surface area contributed by atoms with Crippen molar-refractivity contribution < 1.29 is 10.2 Å². The van der Waals surface area contributed by atoms with E-state index in [0.29, 0.717) is 5.92 Å². The summed E-state index contributed by atoms with van der Waals surface area (Å²) in [4.78, 5) is 0. The van der Waals surface area contributed by atoms with E-state index in [1.165, 1.54) is 64.2 Å². The largest absolute Gasteiger partial charge is 0.394 e. The number of hydrogen-bond acceptors (Lipinski definition) is 2. The molecule has 0 amide bonds. The van der Waals surface area contributed by atoms with Crippen molar-refractivity contribution in [1.82, 2.24) is 0 Å². The molecular weight excluding hydrogens is 224 g/mol. The minimum atomic E-state index is -0.507. The Morgan fingerprint density at radius 1 is 0.778 bits per heavy atom. The molecule has 0 fully saturated rings. The Morgan fingerprint density at radius 2 is 1.28 bits per heavy atom. The van der Waals surface area contributed by atoms with Gasteiger partial charge >= 0.3 is 0 Å². The topological polar surface area (TPSA) is 40.5 Å². The Hall–Kier alpha value is -0.0800. The first kappa shape index (κ1) is 17.9. The SMILES string of the molecule is CCCCCCC(CCCCCC)CC(O)CO. The highest BCUT2D eigenvalue weighted by Crippen LogP contribution is 2.22. The molecule has 0 aliphatic heterocycles. The van der Waals surface area contributed by atoms with E-state index in [-0.39, 0.29) is 6.61 Å². The van der Waals surface area contributed by atoms with Crippen LogP contribution in [0.5, 0.6) is 0 Å². The van der Waals surface area contributed by atoms with Crippen LogP contribution in [0.1, 0.15) is 84.5 Å². The minimum absolute atomic E-state index is 0.0829. The standard InChI is InChI=1S/C16H34O2/c1-3-5-7-9-11-15(13-16(18)14-17)12-10-8-6-4-2/h15-18H,3-14H2,1-2H3. The fourth-order valence-electron chi connectivity index (χ4n) is 2.56. The molecular formula is C16H34O2. The summed E-state index contributed by atoms with van der Waals surface area (Å²) in [7, 11) is 0. The molecule has 2 N–H and O–H groups in total. The molecule has 0 bridgehead atoms. The fourth-order valence-corrected chi connectivity index (χ4v) is 2.56. The van der Waals surface area contributed by atoms with Crippen LogP contribution >= 0.6 is 0 Å². The maximum Gasteiger partial charge on any atom is 0.0773 e. The number of aliphatic hydroxyl groups excluding tert-OH is 2. The van der Waals surface area contributed by atoms with Gasteiger partial charge in [-0.3, -0.25) is 0 Å². The zero-order valence-corrected chi connectivity index (χ0v) is 12.5. The van der Waals surface area contributed by atoms with Gasteiger partial charge in [0, 0.05) is 0 Å². The van der Waals surface area contributed by atoms with Gasteiger partial charge in [0.25, 0.3) is 0 Å². The Labute approximate surface area is 114 Å². The third-order valence-electron chi connectivity index (χ3n) is 3.75. The van der Waals surface area contributed by atoms with Crippen LogP contribution in [0.4, 0.5) is 0 Å². The van der Waals surface area contributed by atoms with Crippen LogP contribution in [-0.2, 0) is 0 Å². The molecule has 18 heavy (non-hydrogen) atoms. The molecule has 0 aliphatic carbocycles. The van der Waals surface area contributed by atoms with Crippen LogP contribution in [0.3, 0.4) is 0 Å². The lowest BCUT2D eigenvalue weighted by Gasteiger charge is -2.19. The first-order valence-electron chi connectivity index (χ1n) is 8.03. The predicted molar refractivity (Wildman–Crippen MR) is 78.7 cm³/mol. The summed E-state index contributed by atoms with van der Waals surface area (Å²) in [5.74, 6) is 0.612. The molecule has 0 aromatic carbocycles. The van der Waals surface area contributed by atoms with E-state index in [1.54, 1.807) is 0 Å². The van der Waals surface area contributed by atoms with E-state index in [0.717, 1.165) is 6.42 Å². The summed E-state index contributed by atoms with van der Waals surface area (Å²) in [6, 6.07) is 0. The molecule has 0 aromatic heterocycles. The van der Waals surface area contributed by atoms with Gasteiger partial charge in [-0.1, -0.05) is 78.1 Å². The number of unbranched alkanes of at least 4 members (excludes halogenated alkanes) is 6. The summed E-state index contributed by atoms with van der Waals surface area (Å²) in [6.07, 6.45) is 13.1. The molecule has 0 heterocycles. The van der Waals surface area contributed by atoms with Crippen molar-refractivity contribution in [1.29, 1.82) is 0 Å². The maximum atomic E-state index is 9.58. The quantitative estimate of drug-likeness (QED) is 0.484. The average molecular weight is 258 g/mol. The second kappa shape index (κ2) is 13.4. The highest BCUT2D eigenvalue weighted by atomic mass is 16.3. The van der Waals surface area contributed by atoms with Gasteiger partial charge < -0.3 is 10.2 Å². The molecule has 0 saturated carbocycles. The molecule has 1 unspecified atom stereocenters. The smallest absolute Gasteiger partial charge is 0.0773 e. The molecule has 0 saturated heterocycles.